The van der Waals surface area contributed by atoms with Crippen LogP contribution in [0.5, 0.6) is 0 Å². The summed E-state index contributed by atoms with van der Waals surface area (Å²) in [5.41, 5.74) is 5.74. The van der Waals surface area contributed by atoms with Crippen molar-refractivity contribution in [1.29, 1.82) is 0 Å². The highest BCUT2D eigenvalue weighted by Crippen LogP contribution is 2.31. The Labute approximate surface area is 92.3 Å². The maximum absolute atomic E-state index is 5.75. The molecule has 15 heavy (non-hydrogen) atoms. The van der Waals surface area contributed by atoms with E-state index >= 15 is 0 Å². The van der Waals surface area contributed by atoms with Crippen LogP contribution in [0.2, 0.25) is 0 Å². The van der Waals surface area contributed by atoms with Gasteiger partial charge in [-0.05, 0) is 44.1 Å². The van der Waals surface area contributed by atoms with E-state index in [4.69, 9.17) is 15.2 Å². The van der Waals surface area contributed by atoms with Gasteiger partial charge in [-0.3, -0.25) is 0 Å². The molecule has 1 saturated heterocycles. The van der Waals surface area contributed by atoms with Gasteiger partial charge in [0.05, 0.1) is 12.7 Å². The lowest BCUT2D eigenvalue weighted by Gasteiger charge is -2.18. The molecule has 0 aromatic heterocycles. The summed E-state index contributed by atoms with van der Waals surface area (Å²) in [7, 11) is 0. The summed E-state index contributed by atoms with van der Waals surface area (Å²) in [6, 6.07) is 0. The van der Waals surface area contributed by atoms with Crippen LogP contribution in [-0.2, 0) is 9.47 Å². The molecule has 0 radical (unpaired) electrons. The molecule has 0 amide bonds. The van der Waals surface area contributed by atoms with Gasteiger partial charge in [0.15, 0.2) is 0 Å². The second-order valence-electron chi connectivity index (χ2n) is 4.86. The highest BCUT2D eigenvalue weighted by atomic mass is 16.5. The maximum Gasteiger partial charge on any atom is 0.0809 e. The minimum absolute atomic E-state index is 0.364. The third kappa shape index (κ3) is 3.16. The Morgan fingerprint density at radius 2 is 1.93 bits per heavy atom. The van der Waals surface area contributed by atoms with Crippen LogP contribution in [0.1, 0.15) is 32.1 Å². The molecule has 1 heterocycles. The minimum Gasteiger partial charge on any atom is -0.378 e. The van der Waals surface area contributed by atoms with Gasteiger partial charge in [0, 0.05) is 13.2 Å². The summed E-state index contributed by atoms with van der Waals surface area (Å²) in [6.07, 6.45) is 6.66. The molecule has 3 atom stereocenters. The molecule has 2 aliphatic rings. The fourth-order valence-electron chi connectivity index (χ4n) is 2.77. The summed E-state index contributed by atoms with van der Waals surface area (Å²) >= 11 is 0. The van der Waals surface area contributed by atoms with Crippen LogP contribution < -0.4 is 5.73 Å². The summed E-state index contributed by atoms with van der Waals surface area (Å²) in [4.78, 5) is 0. The van der Waals surface area contributed by atoms with Crippen LogP contribution in [0.4, 0.5) is 0 Å². The first-order valence-corrected chi connectivity index (χ1v) is 6.29. The molecule has 0 spiro atoms. The van der Waals surface area contributed by atoms with Crippen LogP contribution in [0.15, 0.2) is 0 Å². The molecule has 3 heteroatoms. The minimum atomic E-state index is 0.364. The summed E-state index contributed by atoms with van der Waals surface area (Å²) in [5, 5.41) is 0. The molecule has 3 nitrogen and oxygen atoms in total. The Balaban J connectivity index is 1.60. The summed E-state index contributed by atoms with van der Waals surface area (Å²) in [5.74, 6) is 1.41. The number of nitrogens with two attached hydrogens (primary N) is 1. The van der Waals surface area contributed by atoms with Gasteiger partial charge in [-0.1, -0.05) is 6.42 Å². The van der Waals surface area contributed by atoms with Crippen molar-refractivity contribution in [1.82, 2.24) is 0 Å². The molecule has 88 valence electrons. The third-order valence-electron chi connectivity index (χ3n) is 3.78. The van der Waals surface area contributed by atoms with E-state index in [0.717, 1.165) is 26.4 Å². The van der Waals surface area contributed by atoms with Crippen LogP contribution >= 0.6 is 0 Å². The molecule has 2 N–H and O–H groups in total. The maximum atomic E-state index is 5.75. The number of ether oxygens (including phenoxy) is 2. The first kappa shape index (κ1) is 11.4. The van der Waals surface area contributed by atoms with E-state index in [1.807, 2.05) is 0 Å². The van der Waals surface area contributed by atoms with Crippen LogP contribution in [-0.4, -0.2) is 32.5 Å². The SMILES string of the molecule is NCC1CCCC1COCC1CCCO1. The molecule has 2 rings (SSSR count). The van der Waals surface area contributed by atoms with Crippen molar-refractivity contribution in [3.63, 3.8) is 0 Å². The Kier molecular flexibility index (Phi) is 4.42. The smallest absolute Gasteiger partial charge is 0.0809 e. The molecule has 2 fully saturated rings. The second-order valence-corrected chi connectivity index (χ2v) is 4.86. The Hall–Kier alpha value is -0.120. The van der Waals surface area contributed by atoms with Gasteiger partial charge in [0.1, 0.15) is 0 Å². The molecule has 0 bridgehead atoms. The number of hydrogen-bond donors (Lipinski definition) is 1. The highest BCUT2D eigenvalue weighted by Gasteiger charge is 2.26. The van der Waals surface area contributed by atoms with Crippen molar-refractivity contribution in [2.24, 2.45) is 17.6 Å². The average Bonchev–Trinajstić information content (AvgIpc) is 2.88. The lowest BCUT2D eigenvalue weighted by molar-refractivity contribution is 0.00125. The summed E-state index contributed by atoms with van der Waals surface area (Å²) < 4.78 is 11.3. The van der Waals surface area contributed by atoms with Gasteiger partial charge in [0.25, 0.3) is 0 Å². The van der Waals surface area contributed by atoms with E-state index in [1.54, 1.807) is 0 Å². The quantitative estimate of drug-likeness (QED) is 0.753. The topological polar surface area (TPSA) is 44.5 Å². The normalized spacial score (nSPS) is 36.2. The molecular weight excluding hydrogens is 190 g/mol. The van der Waals surface area contributed by atoms with Crippen molar-refractivity contribution < 1.29 is 9.47 Å². The van der Waals surface area contributed by atoms with Crippen LogP contribution in [0.25, 0.3) is 0 Å². The standard InChI is InChI=1S/C12H23NO2/c13-7-10-3-1-4-11(10)8-14-9-12-5-2-6-15-12/h10-12H,1-9,13H2. The van der Waals surface area contributed by atoms with E-state index in [2.05, 4.69) is 0 Å². The lowest BCUT2D eigenvalue weighted by atomic mass is 9.97. The number of rotatable bonds is 5. The largest absolute Gasteiger partial charge is 0.378 e. The van der Waals surface area contributed by atoms with Gasteiger partial charge < -0.3 is 15.2 Å². The second kappa shape index (κ2) is 5.83. The monoisotopic (exact) mass is 213 g/mol. The molecule has 0 aromatic rings. The molecule has 1 aliphatic carbocycles. The lowest BCUT2D eigenvalue weighted by Crippen LogP contribution is -2.24. The van der Waals surface area contributed by atoms with E-state index < -0.39 is 0 Å². The third-order valence-corrected chi connectivity index (χ3v) is 3.78. The fraction of sp³-hybridized carbons (Fsp3) is 1.00. The number of hydrogen-bond acceptors (Lipinski definition) is 3. The van der Waals surface area contributed by atoms with E-state index in [-0.39, 0.29) is 0 Å². The van der Waals surface area contributed by atoms with Crippen molar-refractivity contribution in [2.75, 3.05) is 26.4 Å². The van der Waals surface area contributed by atoms with Crippen LogP contribution in [0, 0.1) is 11.8 Å². The van der Waals surface area contributed by atoms with Gasteiger partial charge >= 0.3 is 0 Å². The Morgan fingerprint density at radius 1 is 1.07 bits per heavy atom. The molecule has 0 aromatic carbocycles. The molecule has 1 saturated carbocycles. The Bertz CT molecular complexity index is 180. The van der Waals surface area contributed by atoms with Gasteiger partial charge in [-0.25, -0.2) is 0 Å². The zero-order valence-corrected chi connectivity index (χ0v) is 9.49. The molecule has 1 aliphatic heterocycles. The molecule has 3 unspecified atom stereocenters. The molecular formula is C12H23NO2. The fourth-order valence-corrected chi connectivity index (χ4v) is 2.77. The first-order valence-electron chi connectivity index (χ1n) is 6.29. The van der Waals surface area contributed by atoms with Gasteiger partial charge in [-0.2, -0.15) is 0 Å². The van der Waals surface area contributed by atoms with Crippen molar-refractivity contribution >= 4 is 0 Å². The zero-order chi connectivity index (χ0) is 10.5. The van der Waals surface area contributed by atoms with Crippen molar-refractivity contribution in [2.45, 2.75) is 38.2 Å². The van der Waals surface area contributed by atoms with Gasteiger partial charge in [-0.15, -0.1) is 0 Å². The van der Waals surface area contributed by atoms with E-state index in [1.165, 1.54) is 32.1 Å². The van der Waals surface area contributed by atoms with Gasteiger partial charge in [0.2, 0.25) is 0 Å². The predicted octanol–water partition coefficient (Wildman–Crippen LogP) is 1.56. The van der Waals surface area contributed by atoms with Crippen molar-refractivity contribution in [3.8, 4) is 0 Å². The Morgan fingerprint density at radius 3 is 2.67 bits per heavy atom. The predicted molar refractivity (Wildman–Crippen MR) is 59.7 cm³/mol. The first-order chi connectivity index (χ1) is 7.40. The zero-order valence-electron chi connectivity index (χ0n) is 9.49. The highest BCUT2D eigenvalue weighted by molar-refractivity contribution is 4.78. The summed E-state index contributed by atoms with van der Waals surface area (Å²) in [6.45, 7) is 3.42. The van der Waals surface area contributed by atoms with E-state index in [9.17, 15) is 0 Å². The average molecular weight is 213 g/mol. The van der Waals surface area contributed by atoms with Crippen LogP contribution in [0.3, 0.4) is 0 Å². The van der Waals surface area contributed by atoms with E-state index in [0.29, 0.717) is 17.9 Å². The van der Waals surface area contributed by atoms with Crippen molar-refractivity contribution in [3.05, 3.63) is 0 Å².